The third-order valence-corrected chi connectivity index (χ3v) is 3.27. The molecule has 0 aliphatic carbocycles. The van der Waals surface area contributed by atoms with Crippen molar-refractivity contribution in [2.24, 2.45) is 0 Å². The standard InChI is InChI=1S/C13H17FN2O2/c14-11-7-10(9-16-3-1-15-2-4-16)8-12-13(11)18-6-5-17-12/h7-8,15H,1-6,9H2. The molecule has 1 aromatic carbocycles. The van der Waals surface area contributed by atoms with Crippen LogP contribution in [0.15, 0.2) is 12.1 Å². The first-order valence-electron chi connectivity index (χ1n) is 6.34. The van der Waals surface area contributed by atoms with Gasteiger partial charge in [-0.25, -0.2) is 4.39 Å². The van der Waals surface area contributed by atoms with Gasteiger partial charge in [0, 0.05) is 32.7 Å². The summed E-state index contributed by atoms with van der Waals surface area (Å²) < 4.78 is 24.6. The number of hydrogen-bond donors (Lipinski definition) is 1. The number of piperazine rings is 1. The minimum absolute atomic E-state index is 0.255. The van der Waals surface area contributed by atoms with E-state index in [1.54, 1.807) is 6.07 Å². The van der Waals surface area contributed by atoms with Crippen molar-refractivity contribution in [3.8, 4) is 11.5 Å². The Hall–Kier alpha value is -1.33. The highest BCUT2D eigenvalue weighted by Gasteiger charge is 2.19. The summed E-state index contributed by atoms with van der Waals surface area (Å²) in [5.41, 5.74) is 0.943. The molecular formula is C13H17FN2O2. The van der Waals surface area contributed by atoms with Gasteiger partial charge in [0.15, 0.2) is 17.3 Å². The van der Waals surface area contributed by atoms with Crippen LogP contribution in [0.25, 0.3) is 0 Å². The molecule has 1 fully saturated rings. The van der Waals surface area contributed by atoms with Crippen molar-refractivity contribution in [1.29, 1.82) is 0 Å². The Morgan fingerprint density at radius 1 is 1.17 bits per heavy atom. The lowest BCUT2D eigenvalue weighted by molar-refractivity contribution is 0.163. The molecule has 0 spiro atoms. The molecule has 18 heavy (non-hydrogen) atoms. The van der Waals surface area contributed by atoms with Crippen molar-refractivity contribution in [1.82, 2.24) is 10.2 Å². The van der Waals surface area contributed by atoms with Gasteiger partial charge in [0.1, 0.15) is 13.2 Å². The summed E-state index contributed by atoms with van der Waals surface area (Å²) in [6.07, 6.45) is 0. The molecule has 98 valence electrons. The Labute approximate surface area is 106 Å². The molecule has 1 aromatic rings. The highest BCUT2D eigenvalue weighted by Crippen LogP contribution is 2.34. The smallest absolute Gasteiger partial charge is 0.197 e. The van der Waals surface area contributed by atoms with Gasteiger partial charge in [-0.3, -0.25) is 4.90 Å². The van der Waals surface area contributed by atoms with Gasteiger partial charge in [0.05, 0.1) is 0 Å². The van der Waals surface area contributed by atoms with Crippen LogP contribution < -0.4 is 14.8 Å². The van der Waals surface area contributed by atoms with Crippen molar-refractivity contribution in [3.05, 3.63) is 23.5 Å². The summed E-state index contributed by atoms with van der Waals surface area (Å²) in [7, 11) is 0. The number of benzene rings is 1. The summed E-state index contributed by atoms with van der Waals surface area (Å²) >= 11 is 0. The van der Waals surface area contributed by atoms with E-state index in [0.717, 1.165) is 38.3 Å². The zero-order valence-electron chi connectivity index (χ0n) is 10.2. The third-order valence-electron chi connectivity index (χ3n) is 3.27. The molecule has 0 aromatic heterocycles. The summed E-state index contributed by atoms with van der Waals surface area (Å²) in [6, 6.07) is 3.44. The van der Waals surface area contributed by atoms with E-state index in [9.17, 15) is 4.39 Å². The molecular weight excluding hydrogens is 235 g/mol. The maximum absolute atomic E-state index is 13.9. The van der Waals surface area contributed by atoms with Gasteiger partial charge in [-0.15, -0.1) is 0 Å². The Morgan fingerprint density at radius 2 is 1.94 bits per heavy atom. The number of nitrogens with zero attached hydrogens (tertiary/aromatic N) is 1. The maximum atomic E-state index is 13.9. The van der Waals surface area contributed by atoms with Gasteiger partial charge in [0.25, 0.3) is 0 Å². The molecule has 0 radical (unpaired) electrons. The van der Waals surface area contributed by atoms with Crippen LogP contribution in [0.4, 0.5) is 4.39 Å². The molecule has 0 unspecified atom stereocenters. The zero-order chi connectivity index (χ0) is 12.4. The molecule has 2 heterocycles. The van der Waals surface area contributed by atoms with Crippen LogP contribution >= 0.6 is 0 Å². The van der Waals surface area contributed by atoms with Crippen molar-refractivity contribution >= 4 is 0 Å². The fourth-order valence-electron chi connectivity index (χ4n) is 2.38. The van der Waals surface area contributed by atoms with E-state index >= 15 is 0 Å². The molecule has 0 atom stereocenters. The Morgan fingerprint density at radius 3 is 2.78 bits per heavy atom. The van der Waals surface area contributed by atoms with Crippen LogP contribution in [-0.2, 0) is 6.54 Å². The summed E-state index contributed by atoms with van der Waals surface area (Å²) in [5, 5.41) is 3.30. The van der Waals surface area contributed by atoms with E-state index in [0.29, 0.717) is 19.0 Å². The SMILES string of the molecule is Fc1cc(CN2CCNCC2)cc2c1OCCO2. The number of nitrogens with one attached hydrogen (secondary N) is 1. The van der Waals surface area contributed by atoms with Gasteiger partial charge < -0.3 is 14.8 Å². The second-order valence-corrected chi connectivity index (χ2v) is 4.63. The maximum Gasteiger partial charge on any atom is 0.197 e. The molecule has 3 rings (SSSR count). The highest BCUT2D eigenvalue weighted by molar-refractivity contribution is 5.45. The lowest BCUT2D eigenvalue weighted by atomic mass is 10.1. The minimum Gasteiger partial charge on any atom is -0.486 e. The lowest BCUT2D eigenvalue weighted by Gasteiger charge is -2.27. The van der Waals surface area contributed by atoms with Crippen LogP contribution in [0, 0.1) is 5.82 Å². The van der Waals surface area contributed by atoms with Gasteiger partial charge in [0.2, 0.25) is 0 Å². The highest BCUT2D eigenvalue weighted by atomic mass is 19.1. The van der Waals surface area contributed by atoms with Crippen LogP contribution in [-0.4, -0.2) is 44.3 Å². The predicted molar refractivity (Wildman–Crippen MR) is 65.5 cm³/mol. The summed E-state index contributed by atoms with van der Waals surface area (Å²) in [6.45, 7) is 5.64. The topological polar surface area (TPSA) is 33.7 Å². The van der Waals surface area contributed by atoms with Crippen LogP contribution in [0.5, 0.6) is 11.5 Å². The first-order valence-corrected chi connectivity index (χ1v) is 6.34. The Kier molecular flexibility index (Phi) is 3.34. The quantitative estimate of drug-likeness (QED) is 0.851. The molecule has 0 saturated carbocycles. The van der Waals surface area contributed by atoms with E-state index in [4.69, 9.17) is 9.47 Å². The molecule has 4 nitrogen and oxygen atoms in total. The second kappa shape index (κ2) is 5.12. The second-order valence-electron chi connectivity index (χ2n) is 4.63. The first kappa shape index (κ1) is 11.7. The Balaban J connectivity index is 1.77. The monoisotopic (exact) mass is 252 g/mol. The average molecular weight is 252 g/mol. The summed E-state index contributed by atoms with van der Waals surface area (Å²) in [4.78, 5) is 2.31. The fourth-order valence-corrected chi connectivity index (χ4v) is 2.38. The van der Waals surface area contributed by atoms with Crippen LogP contribution in [0.2, 0.25) is 0 Å². The van der Waals surface area contributed by atoms with E-state index in [-0.39, 0.29) is 11.6 Å². The van der Waals surface area contributed by atoms with E-state index in [2.05, 4.69) is 10.2 Å². The predicted octanol–water partition coefficient (Wildman–Crippen LogP) is 1.00. The van der Waals surface area contributed by atoms with Crippen molar-refractivity contribution < 1.29 is 13.9 Å². The fraction of sp³-hybridized carbons (Fsp3) is 0.538. The van der Waals surface area contributed by atoms with E-state index in [1.807, 2.05) is 6.07 Å². The molecule has 0 bridgehead atoms. The normalized spacial score (nSPS) is 19.8. The lowest BCUT2D eigenvalue weighted by Crippen LogP contribution is -2.42. The molecule has 5 heteroatoms. The molecule has 2 aliphatic heterocycles. The number of halogens is 1. The van der Waals surface area contributed by atoms with Crippen LogP contribution in [0.3, 0.4) is 0 Å². The van der Waals surface area contributed by atoms with Crippen molar-refractivity contribution in [3.63, 3.8) is 0 Å². The average Bonchev–Trinajstić information content (AvgIpc) is 2.40. The number of rotatable bonds is 2. The Bertz CT molecular complexity index is 433. The van der Waals surface area contributed by atoms with Crippen molar-refractivity contribution in [2.45, 2.75) is 6.54 Å². The van der Waals surface area contributed by atoms with Crippen molar-refractivity contribution in [2.75, 3.05) is 39.4 Å². The van der Waals surface area contributed by atoms with Crippen LogP contribution in [0.1, 0.15) is 5.56 Å². The third kappa shape index (κ3) is 2.42. The number of ether oxygens (including phenoxy) is 2. The van der Waals surface area contributed by atoms with E-state index < -0.39 is 0 Å². The first-order chi connectivity index (χ1) is 8.83. The summed E-state index contributed by atoms with van der Waals surface area (Å²) in [5.74, 6) is 0.467. The number of fused-ring (bicyclic) bond motifs is 1. The van der Waals surface area contributed by atoms with Gasteiger partial charge >= 0.3 is 0 Å². The molecule has 1 saturated heterocycles. The zero-order valence-corrected chi connectivity index (χ0v) is 10.2. The minimum atomic E-state index is -0.322. The number of hydrogen-bond acceptors (Lipinski definition) is 4. The van der Waals surface area contributed by atoms with Gasteiger partial charge in [-0.2, -0.15) is 0 Å². The molecule has 0 amide bonds. The van der Waals surface area contributed by atoms with Gasteiger partial charge in [-0.1, -0.05) is 0 Å². The largest absolute Gasteiger partial charge is 0.486 e. The van der Waals surface area contributed by atoms with E-state index in [1.165, 1.54) is 0 Å². The molecule has 1 N–H and O–H groups in total. The molecule has 2 aliphatic rings. The van der Waals surface area contributed by atoms with Gasteiger partial charge in [-0.05, 0) is 17.7 Å².